The Kier molecular flexibility index (Phi) is 2.45. The standard InChI is InChI=1S/C10H14N3/c1-12-6-8-13(9-7-12)10-4-2-3-5-11-10/h3-5H,6-9H2,1H3. The summed E-state index contributed by atoms with van der Waals surface area (Å²) in [6.45, 7) is 4.38. The van der Waals surface area contributed by atoms with Gasteiger partial charge in [0.15, 0.2) is 0 Å². The zero-order valence-corrected chi connectivity index (χ0v) is 7.90. The van der Waals surface area contributed by atoms with Crippen molar-refractivity contribution in [2.75, 3.05) is 38.1 Å². The van der Waals surface area contributed by atoms with E-state index in [9.17, 15) is 0 Å². The summed E-state index contributed by atoms with van der Waals surface area (Å²) in [6.07, 6.45) is 1.80. The van der Waals surface area contributed by atoms with Gasteiger partial charge < -0.3 is 9.80 Å². The molecule has 1 saturated heterocycles. The molecule has 0 saturated carbocycles. The SMILES string of the molecule is CN1CCN(c2c[c]ccn2)CC1. The van der Waals surface area contributed by atoms with Crippen molar-refractivity contribution < 1.29 is 0 Å². The molecule has 13 heavy (non-hydrogen) atoms. The van der Waals surface area contributed by atoms with Gasteiger partial charge >= 0.3 is 0 Å². The first-order valence-electron chi connectivity index (χ1n) is 4.62. The van der Waals surface area contributed by atoms with Gasteiger partial charge in [-0.25, -0.2) is 4.98 Å². The Morgan fingerprint density at radius 2 is 2.08 bits per heavy atom. The number of likely N-dealkylation sites (N-methyl/N-ethyl adjacent to an activating group) is 1. The van der Waals surface area contributed by atoms with Gasteiger partial charge in [0, 0.05) is 32.4 Å². The molecule has 1 aliphatic rings. The fraction of sp³-hybridized carbons (Fsp3) is 0.500. The van der Waals surface area contributed by atoms with Gasteiger partial charge in [-0.1, -0.05) is 0 Å². The largest absolute Gasteiger partial charge is 0.354 e. The van der Waals surface area contributed by atoms with Crippen molar-refractivity contribution in [1.29, 1.82) is 0 Å². The van der Waals surface area contributed by atoms with Crippen LogP contribution in [0.1, 0.15) is 0 Å². The molecule has 0 unspecified atom stereocenters. The van der Waals surface area contributed by atoms with Gasteiger partial charge in [-0.3, -0.25) is 0 Å². The van der Waals surface area contributed by atoms with Gasteiger partial charge in [0.2, 0.25) is 0 Å². The Labute approximate surface area is 79.0 Å². The summed E-state index contributed by atoms with van der Waals surface area (Å²) in [5.41, 5.74) is 0. The third kappa shape index (κ3) is 1.98. The lowest BCUT2D eigenvalue weighted by molar-refractivity contribution is 0.312. The van der Waals surface area contributed by atoms with E-state index in [2.05, 4.69) is 27.9 Å². The molecule has 1 aromatic rings. The lowest BCUT2D eigenvalue weighted by atomic mass is 10.3. The fourth-order valence-electron chi connectivity index (χ4n) is 1.53. The highest BCUT2D eigenvalue weighted by atomic mass is 15.3. The van der Waals surface area contributed by atoms with Gasteiger partial charge in [-0.15, -0.1) is 0 Å². The van der Waals surface area contributed by atoms with Gasteiger partial charge in [0.1, 0.15) is 5.82 Å². The van der Waals surface area contributed by atoms with E-state index in [-0.39, 0.29) is 0 Å². The number of anilines is 1. The van der Waals surface area contributed by atoms with Crippen LogP contribution in [0.2, 0.25) is 0 Å². The van der Waals surface area contributed by atoms with Gasteiger partial charge in [-0.2, -0.15) is 0 Å². The molecule has 0 aliphatic carbocycles. The van der Waals surface area contributed by atoms with Crippen molar-refractivity contribution in [1.82, 2.24) is 9.88 Å². The summed E-state index contributed by atoms with van der Waals surface area (Å²) < 4.78 is 0. The zero-order valence-electron chi connectivity index (χ0n) is 7.90. The maximum Gasteiger partial charge on any atom is 0.129 e. The van der Waals surface area contributed by atoms with Crippen LogP contribution >= 0.6 is 0 Å². The predicted octanol–water partition coefficient (Wildman–Crippen LogP) is 0.634. The average Bonchev–Trinajstić information content (AvgIpc) is 2.20. The van der Waals surface area contributed by atoms with E-state index in [4.69, 9.17) is 0 Å². The molecule has 1 fully saturated rings. The first kappa shape index (κ1) is 8.51. The molecule has 3 heteroatoms. The minimum Gasteiger partial charge on any atom is -0.354 e. The van der Waals surface area contributed by atoms with E-state index in [1.165, 1.54) is 0 Å². The van der Waals surface area contributed by atoms with Crippen molar-refractivity contribution in [2.45, 2.75) is 0 Å². The van der Waals surface area contributed by atoms with Crippen LogP contribution in [0, 0.1) is 6.07 Å². The molecule has 3 nitrogen and oxygen atoms in total. The Hall–Kier alpha value is -1.09. The van der Waals surface area contributed by atoms with Crippen LogP contribution in [0.3, 0.4) is 0 Å². The summed E-state index contributed by atoms with van der Waals surface area (Å²) in [5.74, 6) is 1.05. The van der Waals surface area contributed by atoms with E-state index < -0.39 is 0 Å². The van der Waals surface area contributed by atoms with E-state index in [1.807, 2.05) is 12.1 Å². The van der Waals surface area contributed by atoms with Crippen LogP contribution in [0.4, 0.5) is 5.82 Å². The van der Waals surface area contributed by atoms with E-state index in [0.29, 0.717) is 0 Å². The lowest BCUT2D eigenvalue weighted by Crippen LogP contribution is -2.44. The van der Waals surface area contributed by atoms with Gasteiger partial charge in [0.05, 0.1) is 0 Å². The molecule has 2 rings (SSSR count). The van der Waals surface area contributed by atoms with Crippen LogP contribution in [-0.2, 0) is 0 Å². The smallest absolute Gasteiger partial charge is 0.129 e. The third-order valence-corrected chi connectivity index (χ3v) is 2.42. The molecule has 0 N–H and O–H groups in total. The van der Waals surface area contributed by atoms with Gasteiger partial charge in [0.25, 0.3) is 0 Å². The molecule has 0 spiro atoms. The van der Waals surface area contributed by atoms with Crippen molar-refractivity contribution >= 4 is 5.82 Å². The maximum atomic E-state index is 4.30. The monoisotopic (exact) mass is 176 g/mol. The molecule has 1 aliphatic heterocycles. The molecule has 69 valence electrons. The molecule has 0 amide bonds. The summed E-state index contributed by atoms with van der Waals surface area (Å²) >= 11 is 0. The van der Waals surface area contributed by atoms with Crippen molar-refractivity contribution in [2.24, 2.45) is 0 Å². The van der Waals surface area contributed by atoms with Crippen LogP contribution in [-0.4, -0.2) is 43.1 Å². The highest BCUT2D eigenvalue weighted by Crippen LogP contribution is 2.10. The topological polar surface area (TPSA) is 19.4 Å². The van der Waals surface area contributed by atoms with Crippen LogP contribution in [0.25, 0.3) is 0 Å². The first-order chi connectivity index (χ1) is 6.36. The van der Waals surface area contributed by atoms with Crippen molar-refractivity contribution in [3.8, 4) is 0 Å². The summed E-state index contributed by atoms with van der Waals surface area (Å²) in [6, 6.07) is 6.83. The number of aromatic nitrogens is 1. The van der Waals surface area contributed by atoms with Crippen molar-refractivity contribution in [3.63, 3.8) is 0 Å². The zero-order chi connectivity index (χ0) is 9.10. The average molecular weight is 176 g/mol. The predicted molar refractivity (Wildman–Crippen MR) is 52.8 cm³/mol. The van der Waals surface area contributed by atoms with Crippen LogP contribution in [0.15, 0.2) is 18.3 Å². The molecule has 1 radical (unpaired) electrons. The second-order valence-corrected chi connectivity index (χ2v) is 3.40. The van der Waals surface area contributed by atoms with Crippen LogP contribution in [0.5, 0.6) is 0 Å². The van der Waals surface area contributed by atoms with Gasteiger partial charge in [-0.05, 0) is 25.2 Å². The number of rotatable bonds is 1. The second kappa shape index (κ2) is 3.75. The summed E-state index contributed by atoms with van der Waals surface area (Å²) in [7, 11) is 2.15. The van der Waals surface area contributed by atoms with E-state index in [0.717, 1.165) is 32.0 Å². The molecule has 1 aromatic heterocycles. The molecular weight excluding hydrogens is 162 g/mol. The molecular formula is C10H14N3. The minimum atomic E-state index is 1.05. The normalized spacial score (nSPS) is 19.0. The fourth-order valence-corrected chi connectivity index (χ4v) is 1.53. The Balaban J connectivity index is 2.03. The second-order valence-electron chi connectivity index (χ2n) is 3.40. The Morgan fingerprint density at radius 3 is 2.69 bits per heavy atom. The highest BCUT2D eigenvalue weighted by Gasteiger charge is 2.14. The Bertz CT molecular complexity index is 252. The number of nitrogens with zero attached hydrogens (tertiary/aromatic N) is 3. The molecule has 0 bridgehead atoms. The molecule has 2 heterocycles. The third-order valence-electron chi connectivity index (χ3n) is 2.42. The minimum absolute atomic E-state index is 1.05. The maximum absolute atomic E-state index is 4.30. The summed E-state index contributed by atoms with van der Waals surface area (Å²) in [5, 5.41) is 0. The Morgan fingerprint density at radius 1 is 1.31 bits per heavy atom. The highest BCUT2D eigenvalue weighted by molar-refractivity contribution is 5.37. The van der Waals surface area contributed by atoms with Crippen LogP contribution < -0.4 is 4.90 Å². The van der Waals surface area contributed by atoms with E-state index >= 15 is 0 Å². The number of piperazine rings is 1. The molecule has 0 aromatic carbocycles. The number of pyridine rings is 1. The molecule has 0 atom stereocenters. The first-order valence-corrected chi connectivity index (χ1v) is 4.62. The number of hydrogen-bond acceptors (Lipinski definition) is 3. The van der Waals surface area contributed by atoms with Crippen molar-refractivity contribution in [3.05, 3.63) is 24.4 Å². The summed E-state index contributed by atoms with van der Waals surface area (Å²) in [4.78, 5) is 8.94. The lowest BCUT2D eigenvalue weighted by Gasteiger charge is -2.33. The quantitative estimate of drug-likeness (QED) is 0.625. The van der Waals surface area contributed by atoms with E-state index in [1.54, 1.807) is 6.20 Å². The number of hydrogen-bond donors (Lipinski definition) is 0.